The van der Waals surface area contributed by atoms with Gasteiger partial charge in [-0.15, -0.1) is 0 Å². The van der Waals surface area contributed by atoms with Crippen molar-refractivity contribution >= 4 is 11.8 Å². The van der Waals surface area contributed by atoms with Crippen molar-refractivity contribution < 1.29 is 4.79 Å². The molecule has 2 fully saturated rings. The van der Waals surface area contributed by atoms with Crippen LogP contribution in [0.4, 0.5) is 10.6 Å². The molecule has 1 aliphatic carbocycles. The van der Waals surface area contributed by atoms with Crippen LogP contribution in [-0.4, -0.2) is 65.3 Å². The van der Waals surface area contributed by atoms with E-state index in [9.17, 15) is 9.59 Å². The Kier molecular flexibility index (Phi) is 7.19. The summed E-state index contributed by atoms with van der Waals surface area (Å²) in [5.41, 5.74) is 7.38. The van der Waals surface area contributed by atoms with Crippen molar-refractivity contribution in [2.45, 2.75) is 38.3 Å². The van der Waals surface area contributed by atoms with Crippen LogP contribution in [0.2, 0.25) is 0 Å². The third-order valence-electron chi connectivity index (χ3n) is 6.23. The van der Waals surface area contributed by atoms with Crippen molar-refractivity contribution in [2.24, 2.45) is 11.7 Å². The third-order valence-corrected chi connectivity index (χ3v) is 6.23. The molecule has 1 saturated heterocycles. The van der Waals surface area contributed by atoms with E-state index in [4.69, 9.17) is 5.73 Å². The van der Waals surface area contributed by atoms with E-state index in [1.54, 1.807) is 17.2 Å². The summed E-state index contributed by atoms with van der Waals surface area (Å²) in [5.74, 6) is 0.970. The fourth-order valence-corrected chi connectivity index (χ4v) is 4.27. The summed E-state index contributed by atoms with van der Waals surface area (Å²) in [7, 11) is 0. The van der Waals surface area contributed by atoms with Crippen LogP contribution < -0.4 is 27.4 Å². The predicted octanol–water partition coefficient (Wildman–Crippen LogP) is 0.928. The number of hydrogen-bond acceptors (Lipinski definition) is 6. The molecule has 0 radical (unpaired) electrons. The topological polar surface area (TPSA) is 117 Å². The number of aromatic nitrogens is 2. The van der Waals surface area contributed by atoms with E-state index in [0.717, 1.165) is 44.6 Å². The zero-order valence-corrected chi connectivity index (χ0v) is 18.6. The normalized spacial score (nSPS) is 21.6. The number of rotatable bonds is 7. The van der Waals surface area contributed by atoms with Crippen LogP contribution in [0, 0.1) is 5.92 Å². The van der Waals surface area contributed by atoms with Gasteiger partial charge in [-0.3, -0.25) is 9.88 Å². The highest BCUT2D eigenvalue weighted by molar-refractivity contribution is 5.88. The number of piperazine rings is 1. The van der Waals surface area contributed by atoms with Crippen molar-refractivity contribution in [2.75, 3.05) is 38.0 Å². The van der Waals surface area contributed by atoms with Gasteiger partial charge in [0.25, 0.3) is 0 Å². The second-order valence-corrected chi connectivity index (χ2v) is 8.91. The summed E-state index contributed by atoms with van der Waals surface area (Å²) in [6, 6.07) is 10.1. The van der Waals surface area contributed by atoms with E-state index in [1.807, 2.05) is 24.3 Å². The molecule has 9 heteroatoms. The summed E-state index contributed by atoms with van der Waals surface area (Å²) < 4.78 is 1.48. The first kappa shape index (κ1) is 22.4. The number of carbonyl (C=O) groups excluding carboxylic acids is 1. The number of hydrogen-bond donors (Lipinski definition) is 4. The number of amides is 2. The van der Waals surface area contributed by atoms with Gasteiger partial charge in [0.15, 0.2) is 0 Å². The summed E-state index contributed by atoms with van der Waals surface area (Å²) >= 11 is 0. The van der Waals surface area contributed by atoms with Crippen LogP contribution in [0.1, 0.15) is 25.3 Å². The molecular weight excluding hydrogens is 406 g/mol. The standard InChI is InChI=1S/C23H33N7O2/c1-16(26-15-18-13-19(24)14-18)12-17-2-4-20(5-3-17)30-9-6-21(28-23(30)32)27-22(31)29-10-7-25-8-11-29/h2-6,9,16,18-19,25-26H,7-8,10-15,24H2,1H3,(H,27,28,31,32)/t16?,18-,19-. The minimum Gasteiger partial charge on any atom is -0.328 e. The number of carbonyl (C=O) groups is 1. The van der Waals surface area contributed by atoms with Gasteiger partial charge in [-0.1, -0.05) is 12.1 Å². The zero-order chi connectivity index (χ0) is 22.5. The van der Waals surface area contributed by atoms with Crippen molar-refractivity contribution in [1.82, 2.24) is 25.1 Å². The first-order valence-corrected chi connectivity index (χ1v) is 11.4. The third kappa shape index (κ3) is 5.73. The molecule has 2 aliphatic rings. The molecule has 2 heterocycles. The van der Waals surface area contributed by atoms with Crippen LogP contribution in [0.3, 0.4) is 0 Å². The van der Waals surface area contributed by atoms with E-state index < -0.39 is 5.69 Å². The molecule has 2 amide bonds. The molecule has 1 unspecified atom stereocenters. The van der Waals surface area contributed by atoms with E-state index >= 15 is 0 Å². The summed E-state index contributed by atoms with van der Waals surface area (Å²) in [6.45, 7) is 6.02. The number of anilines is 1. The van der Waals surface area contributed by atoms with E-state index in [1.165, 1.54) is 10.1 Å². The van der Waals surface area contributed by atoms with Crippen LogP contribution in [0.15, 0.2) is 41.3 Å². The van der Waals surface area contributed by atoms with E-state index in [0.29, 0.717) is 31.1 Å². The molecule has 1 aliphatic heterocycles. The van der Waals surface area contributed by atoms with Crippen LogP contribution in [-0.2, 0) is 6.42 Å². The second kappa shape index (κ2) is 10.2. The van der Waals surface area contributed by atoms with Gasteiger partial charge in [0.1, 0.15) is 5.82 Å². The van der Waals surface area contributed by atoms with Gasteiger partial charge < -0.3 is 21.3 Å². The molecule has 1 aromatic heterocycles. The quantitative estimate of drug-likeness (QED) is 0.510. The lowest BCUT2D eigenvalue weighted by Gasteiger charge is -2.33. The van der Waals surface area contributed by atoms with E-state index in [-0.39, 0.29) is 11.8 Å². The molecule has 1 saturated carbocycles. The van der Waals surface area contributed by atoms with Gasteiger partial charge in [-0.25, -0.2) is 9.59 Å². The molecule has 1 atom stereocenters. The Morgan fingerprint density at radius 1 is 1.22 bits per heavy atom. The molecule has 2 aromatic rings. The minimum atomic E-state index is -0.426. The molecular formula is C23H33N7O2. The van der Waals surface area contributed by atoms with Gasteiger partial charge in [-0.05, 0) is 62.4 Å². The van der Waals surface area contributed by atoms with Crippen LogP contribution in [0.5, 0.6) is 0 Å². The number of urea groups is 1. The van der Waals surface area contributed by atoms with Gasteiger partial charge >= 0.3 is 11.7 Å². The number of nitrogens with one attached hydrogen (secondary N) is 3. The average Bonchev–Trinajstić information content (AvgIpc) is 2.77. The Bertz CT molecular complexity index is 963. The maximum Gasteiger partial charge on any atom is 0.354 e. The number of benzene rings is 1. The Balaban J connectivity index is 1.32. The van der Waals surface area contributed by atoms with Gasteiger partial charge in [-0.2, -0.15) is 4.98 Å². The Morgan fingerprint density at radius 2 is 1.94 bits per heavy atom. The second-order valence-electron chi connectivity index (χ2n) is 8.91. The zero-order valence-electron chi connectivity index (χ0n) is 18.6. The van der Waals surface area contributed by atoms with Crippen molar-refractivity contribution in [3.63, 3.8) is 0 Å². The molecule has 32 heavy (non-hydrogen) atoms. The summed E-state index contributed by atoms with van der Waals surface area (Å²) in [5, 5.41) is 9.51. The minimum absolute atomic E-state index is 0.233. The number of nitrogens with zero attached hydrogens (tertiary/aromatic N) is 3. The van der Waals surface area contributed by atoms with Crippen LogP contribution >= 0.6 is 0 Å². The lowest BCUT2D eigenvalue weighted by Crippen LogP contribution is -2.48. The molecule has 0 spiro atoms. The van der Waals surface area contributed by atoms with Crippen LogP contribution in [0.25, 0.3) is 5.69 Å². The Morgan fingerprint density at radius 3 is 2.59 bits per heavy atom. The monoisotopic (exact) mass is 439 g/mol. The number of nitrogens with two attached hydrogens (primary N) is 1. The molecule has 172 valence electrons. The first-order chi connectivity index (χ1) is 15.5. The largest absolute Gasteiger partial charge is 0.354 e. The molecule has 5 N–H and O–H groups in total. The highest BCUT2D eigenvalue weighted by atomic mass is 16.2. The first-order valence-electron chi connectivity index (χ1n) is 11.4. The van der Waals surface area contributed by atoms with Gasteiger partial charge in [0.2, 0.25) is 0 Å². The molecule has 9 nitrogen and oxygen atoms in total. The SMILES string of the molecule is CC(Cc1ccc(-n2ccc(NC(=O)N3CCNCC3)nc2=O)cc1)NC[C@H]1C[C@H](N)C1. The van der Waals surface area contributed by atoms with Gasteiger partial charge in [0.05, 0.1) is 5.69 Å². The maximum atomic E-state index is 12.5. The summed E-state index contributed by atoms with van der Waals surface area (Å²) in [4.78, 5) is 30.6. The maximum absolute atomic E-state index is 12.5. The summed E-state index contributed by atoms with van der Waals surface area (Å²) in [6.07, 6.45) is 4.80. The Hall–Kier alpha value is -2.75. The molecule has 1 aromatic carbocycles. The lowest BCUT2D eigenvalue weighted by molar-refractivity contribution is 0.204. The van der Waals surface area contributed by atoms with E-state index in [2.05, 4.69) is 27.9 Å². The molecule has 0 bridgehead atoms. The van der Waals surface area contributed by atoms with Crippen molar-refractivity contribution in [3.8, 4) is 5.69 Å². The highest BCUT2D eigenvalue weighted by Gasteiger charge is 2.25. The lowest BCUT2D eigenvalue weighted by atomic mass is 9.81. The average molecular weight is 440 g/mol. The Labute approximate surface area is 188 Å². The fraction of sp³-hybridized carbons (Fsp3) is 0.522. The molecule has 4 rings (SSSR count). The highest BCUT2D eigenvalue weighted by Crippen LogP contribution is 2.24. The van der Waals surface area contributed by atoms with Gasteiger partial charge in [0, 0.05) is 44.5 Å². The fourth-order valence-electron chi connectivity index (χ4n) is 4.27. The predicted molar refractivity (Wildman–Crippen MR) is 125 cm³/mol. The van der Waals surface area contributed by atoms with Crippen molar-refractivity contribution in [3.05, 3.63) is 52.6 Å². The van der Waals surface area contributed by atoms with Crippen molar-refractivity contribution in [1.29, 1.82) is 0 Å². The smallest absolute Gasteiger partial charge is 0.328 e.